The van der Waals surface area contributed by atoms with Crippen molar-refractivity contribution in [2.24, 2.45) is 0 Å². The van der Waals surface area contributed by atoms with Crippen LogP contribution in [0, 0.1) is 6.92 Å². The molecule has 0 fully saturated rings. The molecule has 0 saturated carbocycles. The maximum Gasteiger partial charge on any atom is 0.292 e. The lowest BCUT2D eigenvalue weighted by atomic mass is 10.1. The van der Waals surface area contributed by atoms with Gasteiger partial charge in [0.1, 0.15) is 23.3 Å². The maximum atomic E-state index is 5.52. The van der Waals surface area contributed by atoms with E-state index in [-0.39, 0.29) is 6.01 Å². The Kier molecular flexibility index (Phi) is 1.77. The van der Waals surface area contributed by atoms with Crippen LogP contribution in [0.1, 0.15) is 5.76 Å². The van der Waals surface area contributed by atoms with Crippen molar-refractivity contribution in [1.29, 1.82) is 0 Å². The van der Waals surface area contributed by atoms with Crippen LogP contribution < -0.4 is 5.73 Å². The highest BCUT2D eigenvalue weighted by atomic mass is 16.4. The number of anilines is 1. The number of fused-ring (bicyclic) bond motifs is 1. The number of benzene rings is 1. The molecule has 4 heteroatoms. The lowest BCUT2D eigenvalue weighted by Crippen LogP contribution is -1.83. The van der Waals surface area contributed by atoms with Gasteiger partial charge in [-0.3, -0.25) is 0 Å². The Morgan fingerprint density at radius 2 is 2.06 bits per heavy atom. The van der Waals surface area contributed by atoms with E-state index in [1.807, 2.05) is 31.2 Å². The van der Waals surface area contributed by atoms with Gasteiger partial charge >= 0.3 is 0 Å². The minimum absolute atomic E-state index is 0.179. The fourth-order valence-corrected chi connectivity index (χ4v) is 1.83. The molecule has 1 aromatic carbocycles. The van der Waals surface area contributed by atoms with E-state index in [1.165, 1.54) is 0 Å². The topological polar surface area (TPSA) is 65.2 Å². The van der Waals surface area contributed by atoms with Crippen molar-refractivity contribution in [3.8, 4) is 11.3 Å². The number of furan rings is 1. The molecule has 0 aliphatic rings. The SMILES string of the molecule is Cc1oc(N)nc1-c1coc2ccccc12. The molecule has 0 spiro atoms. The van der Waals surface area contributed by atoms with Crippen LogP contribution in [0.25, 0.3) is 22.2 Å². The number of para-hydroxylation sites is 1. The van der Waals surface area contributed by atoms with E-state index in [1.54, 1.807) is 6.26 Å². The predicted molar refractivity (Wildman–Crippen MR) is 60.9 cm³/mol. The fraction of sp³-hybridized carbons (Fsp3) is 0.0833. The first-order valence-electron chi connectivity index (χ1n) is 4.95. The molecule has 0 saturated heterocycles. The second kappa shape index (κ2) is 3.13. The number of nitrogen functional groups attached to an aromatic ring is 1. The van der Waals surface area contributed by atoms with E-state index < -0.39 is 0 Å². The minimum atomic E-state index is 0.179. The van der Waals surface area contributed by atoms with E-state index in [2.05, 4.69) is 4.98 Å². The predicted octanol–water partition coefficient (Wildman–Crippen LogP) is 2.98. The molecule has 0 bridgehead atoms. The molecule has 16 heavy (non-hydrogen) atoms. The summed E-state index contributed by atoms with van der Waals surface area (Å²) in [5.41, 5.74) is 8.00. The monoisotopic (exact) mass is 214 g/mol. The van der Waals surface area contributed by atoms with Crippen molar-refractivity contribution in [2.45, 2.75) is 6.92 Å². The molecule has 2 aromatic heterocycles. The van der Waals surface area contributed by atoms with E-state index >= 15 is 0 Å². The zero-order valence-electron chi connectivity index (χ0n) is 8.73. The number of rotatable bonds is 1. The van der Waals surface area contributed by atoms with Crippen molar-refractivity contribution in [1.82, 2.24) is 4.98 Å². The molecular weight excluding hydrogens is 204 g/mol. The van der Waals surface area contributed by atoms with Gasteiger partial charge in [0, 0.05) is 10.9 Å². The van der Waals surface area contributed by atoms with Crippen molar-refractivity contribution < 1.29 is 8.83 Å². The Bertz CT molecular complexity index is 652. The van der Waals surface area contributed by atoms with Crippen LogP contribution >= 0.6 is 0 Å². The fourth-order valence-electron chi connectivity index (χ4n) is 1.83. The highest BCUT2D eigenvalue weighted by molar-refractivity contribution is 5.93. The zero-order chi connectivity index (χ0) is 11.1. The summed E-state index contributed by atoms with van der Waals surface area (Å²) in [5, 5.41) is 1.01. The Morgan fingerprint density at radius 1 is 1.25 bits per heavy atom. The average molecular weight is 214 g/mol. The molecule has 3 aromatic rings. The lowest BCUT2D eigenvalue weighted by molar-refractivity contribution is 0.548. The van der Waals surface area contributed by atoms with E-state index in [9.17, 15) is 0 Å². The van der Waals surface area contributed by atoms with Gasteiger partial charge in [0.25, 0.3) is 6.01 Å². The number of aryl methyl sites for hydroxylation is 1. The summed E-state index contributed by atoms with van der Waals surface area (Å²) in [6, 6.07) is 7.97. The first-order valence-corrected chi connectivity index (χ1v) is 4.95. The second-order valence-electron chi connectivity index (χ2n) is 3.60. The number of nitrogens with zero attached hydrogens (tertiary/aromatic N) is 1. The van der Waals surface area contributed by atoms with Gasteiger partial charge in [-0.25, -0.2) is 0 Å². The maximum absolute atomic E-state index is 5.52. The molecule has 0 atom stereocenters. The van der Waals surface area contributed by atoms with Gasteiger partial charge in [-0.15, -0.1) is 0 Å². The van der Waals surface area contributed by atoms with Crippen LogP contribution in [0.3, 0.4) is 0 Å². The number of nitrogens with two attached hydrogens (primary N) is 1. The smallest absolute Gasteiger partial charge is 0.292 e. The largest absolute Gasteiger partial charge is 0.464 e. The molecule has 2 N–H and O–H groups in total. The molecule has 4 nitrogen and oxygen atoms in total. The molecular formula is C12H10N2O2. The van der Waals surface area contributed by atoms with Crippen LogP contribution in [-0.2, 0) is 0 Å². The van der Waals surface area contributed by atoms with Crippen molar-refractivity contribution in [3.63, 3.8) is 0 Å². The van der Waals surface area contributed by atoms with Crippen LogP contribution in [0.15, 0.2) is 39.4 Å². The third kappa shape index (κ3) is 1.20. The summed E-state index contributed by atoms with van der Waals surface area (Å²) < 4.78 is 10.7. The summed E-state index contributed by atoms with van der Waals surface area (Å²) in [7, 11) is 0. The summed E-state index contributed by atoms with van der Waals surface area (Å²) in [4.78, 5) is 4.15. The van der Waals surface area contributed by atoms with E-state index in [4.69, 9.17) is 14.6 Å². The van der Waals surface area contributed by atoms with E-state index in [0.717, 1.165) is 22.2 Å². The van der Waals surface area contributed by atoms with Gasteiger partial charge in [0.2, 0.25) is 0 Å². The zero-order valence-corrected chi connectivity index (χ0v) is 8.73. The van der Waals surface area contributed by atoms with Gasteiger partial charge in [0.05, 0.1) is 0 Å². The highest BCUT2D eigenvalue weighted by Crippen LogP contribution is 2.32. The van der Waals surface area contributed by atoms with Crippen LogP contribution in [0.2, 0.25) is 0 Å². The van der Waals surface area contributed by atoms with Gasteiger partial charge in [-0.1, -0.05) is 18.2 Å². The van der Waals surface area contributed by atoms with Gasteiger partial charge < -0.3 is 14.6 Å². The normalized spacial score (nSPS) is 11.1. The molecule has 0 radical (unpaired) electrons. The number of hydrogen-bond donors (Lipinski definition) is 1. The first-order chi connectivity index (χ1) is 7.75. The third-order valence-electron chi connectivity index (χ3n) is 2.55. The van der Waals surface area contributed by atoms with Crippen molar-refractivity contribution >= 4 is 17.0 Å². The number of hydrogen-bond acceptors (Lipinski definition) is 4. The number of aromatic nitrogens is 1. The molecule has 2 heterocycles. The molecule has 0 aliphatic heterocycles. The Morgan fingerprint density at radius 3 is 2.81 bits per heavy atom. The first kappa shape index (κ1) is 9.03. The summed E-state index contributed by atoms with van der Waals surface area (Å²) in [5.74, 6) is 0.698. The summed E-state index contributed by atoms with van der Waals surface area (Å²) in [6.07, 6.45) is 1.68. The van der Waals surface area contributed by atoms with Crippen LogP contribution in [0.5, 0.6) is 0 Å². The average Bonchev–Trinajstić information content (AvgIpc) is 2.81. The molecule has 80 valence electrons. The Hall–Kier alpha value is -2.23. The van der Waals surface area contributed by atoms with E-state index in [0.29, 0.717) is 5.76 Å². The van der Waals surface area contributed by atoms with Crippen molar-refractivity contribution in [2.75, 3.05) is 5.73 Å². The molecule has 3 rings (SSSR count). The van der Waals surface area contributed by atoms with Gasteiger partial charge in [-0.05, 0) is 13.0 Å². The molecule has 0 amide bonds. The highest BCUT2D eigenvalue weighted by Gasteiger charge is 2.14. The van der Waals surface area contributed by atoms with Gasteiger partial charge in [0.15, 0.2) is 0 Å². The lowest BCUT2D eigenvalue weighted by Gasteiger charge is -1.92. The second-order valence-corrected chi connectivity index (χ2v) is 3.60. The summed E-state index contributed by atoms with van der Waals surface area (Å²) in [6.45, 7) is 1.83. The molecule has 0 unspecified atom stereocenters. The molecule has 0 aliphatic carbocycles. The standard InChI is InChI=1S/C12H10N2O2/c1-7-11(14-12(13)16-7)9-6-15-10-5-3-2-4-8(9)10/h2-6H,1H3,(H2,13,14). The Balaban J connectivity index is 2.30. The quantitative estimate of drug-likeness (QED) is 0.676. The van der Waals surface area contributed by atoms with Crippen LogP contribution in [-0.4, -0.2) is 4.98 Å². The summed E-state index contributed by atoms with van der Waals surface area (Å²) >= 11 is 0. The van der Waals surface area contributed by atoms with Gasteiger partial charge in [-0.2, -0.15) is 4.98 Å². The Labute approximate surface area is 91.7 Å². The number of oxazole rings is 1. The van der Waals surface area contributed by atoms with Crippen LogP contribution in [0.4, 0.5) is 6.01 Å². The van der Waals surface area contributed by atoms with Crippen molar-refractivity contribution in [3.05, 3.63) is 36.3 Å². The minimum Gasteiger partial charge on any atom is -0.464 e. The third-order valence-corrected chi connectivity index (χ3v) is 2.55.